The minimum absolute atomic E-state index is 0.185. The number of alkyl halides is 4. The van der Waals surface area contributed by atoms with Crippen LogP contribution in [-0.2, 0) is 0 Å². The first kappa shape index (κ1) is 11.6. The Morgan fingerprint density at radius 1 is 1.13 bits per heavy atom. The summed E-state index contributed by atoms with van der Waals surface area (Å²) >= 11 is 0. The van der Waals surface area contributed by atoms with Crippen LogP contribution in [0.25, 0.3) is 0 Å². The fraction of sp³-hybridized carbons (Fsp3) is 0.333. The topological polar surface area (TPSA) is 30.0 Å². The zero-order valence-electron chi connectivity index (χ0n) is 7.68. The number of Topliss-reactive ketones (excluding diaryl/α,β-unsaturated/α-hetero) is 1. The summed E-state index contributed by atoms with van der Waals surface area (Å²) in [5.74, 6) is -0.554. The maximum atomic E-state index is 12.2. The minimum atomic E-state index is -2.97. The normalized spacial score (nSPS) is 11.1. The van der Waals surface area contributed by atoms with Gasteiger partial charge in [0.2, 0.25) is 0 Å². The van der Waals surface area contributed by atoms with E-state index < -0.39 is 30.0 Å². The van der Waals surface area contributed by atoms with Crippen LogP contribution in [0.1, 0.15) is 41.5 Å². The van der Waals surface area contributed by atoms with Gasteiger partial charge in [-0.3, -0.25) is 4.79 Å². The van der Waals surface area contributed by atoms with Gasteiger partial charge in [-0.25, -0.2) is 22.5 Å². The van der Waals surface area contributed by atoms with Crippen LogP contribution in [0.5, 0.6) is 0 Å². The molecule has 0 spiro atoms. The molecular formula is C9H7F4NO. The molecule has 1 aromatic rings. The molecule has 1 heterocycles. The third-order valence-electron chi connectivity index (χ3n) is 1.72. The Labute approximate surface area is 82.9 Å². The van der Waals surface area contributed by atoms with E-state index in [9.17, 15) is 22.4 Å². The Kier molecular flexibility index (Phi) is 3.39. The lowest BCUT2D eigenvalue weighted by molar-refractivity contribution is 0.101. The molecule has 0 saturated carbocycles. The van der Waals surface area contributed by atoms with Gasteiger partial charge >= 0.3 is 0 Å². The van der Waals surface area contributed by atoms with Gasteiger partial charge in [0.15, 0.2) is 5.78 Å². The monoisotopic (exact) mass is 221 g/mol. The molecule has 0 aliphatic heterocycles. The number of rotatable bonds is 3. The Morgan fingerprint density at radius 3 is 1.80 bits per heavy atom. The standard InChI is InChI=1S/C9H7F4NO/c1-4(15)5-2-6(8(10)11)14-7(3-5)9(12)13/h2-3,8-9H,1H3. The number of carbonyl (C=O) groups excluding carboxylic acids is 1. The lowest BCUT2D eigenvalue weighted by Crippen LogP contribution is -2.02. The van der Waals surface area contributed by atoms with E-state index in [2.05, 4.69) is 4.98 Å². The fourth-order valence-corrected chi connectivity index (χ4v) is 1.00. The molecular weight excluding hydrogens is 214 g/mol. The summed E-state index contributed by atoms with van der Waals surface area (Å²) in [6, 6.07) is 1.64. The quantitative estimate of drug-likeness (QED) is 0.579. The molecule has 82 valence electrons. The first-order valence-corrected chi connectivity index (χ1v) is 4.01. The van der Waals surface area contributed by atoms with E-state index in [1.54, 1.807) is 0 Å². The SMILES string of the molecule is CC(=O)c1cc(C(F)F)nc(C(F)F)c1. The molecule has 0 saturated heterocycles. The molecule has 0 radical (unpaired) electrons. The molecule has 0 aliphatic rings. The molecule has 2 nitrogen and oxygen atoms in total. The number of aromatic nitrogens is 1. The average molecular weight is 221 g/mol. The third-order valence-corrected chi connectivity index (χ3v) is 1.72. The number of nitrogens with zero attached hydrogens (tertiary/aromatic N) is 1. The van der Waals surface area contributed by atoms with E-state index in [-0.39, 0.29) is 5.56 Å². The lowest BCUT2D eigenvalue weighted by Gasteiger charge is -2.05. The van der Waals surface area contributed by atoms with Gasteiger partial charge < -0.3 is 0 Å². The molecule has 0 atom stereocenters. The highest BCUT2D eigenvalue weighted by atomic mass is 19.3. The van der Waals surface area contributed by atoms with E-state index in [0.717, 1.165) is 19.1 Å². The van der Waals surface area contributed by atoms with Crippen molar-refractivity contribution in [3.63, 3.8) is 0 Å². The van der Waals surface area contributed by atoms with Gasteiger partial charge in [0.1, 0.15) is 11.4 Å². The van der Waals surface area contributed by atoms with Crippen LogP contribution < -0.4 is 0 Å². The highest BCUT2D eigenvalue weighted by Gasteiger charge is 2.17. The summed E-state index contributed by atoms with van der Waals surface area (Å²) in [4.78, 5) is 13.9. The van der Waals surface area contributed by atoms with Crippen LogP contribution in [0.4, 0.5) is 17.6 Å². The fourth-order valence-electron chi connectivity index (χ4n) is 1.00. The van der Waals surface area contributed by atoms with Crippen molar-refractivity contribution < 1.29 is 22.4 Å². The molecule has 15 heavy (non-hydrogen) atoms. The second-order valence-electron chi connectivity index (χ2n) is 2.86. The van der Waals surface area contributed by atoms with Crippen molar-refractivity contribution in [2.45, 2.75) is 19.8 Å². The summed E-state index contributed by atoms with van der Waals surface area (Å²) in [5, 5.41) is 0. The van der Waals surface area contributed by atoms with Crippen molar-refractivity contribution >= 4 is 5.78 Å². The summed E-state index contributed by atoms with van der Waals surface area (Å²) in [5.41, 5.74) is -1.80. The van der Waals surface area contributed by atoms with Gasteiger partial charge in [0.25, 0.3) is 12.9 Å². The summed E-state index contributed by atoms with van der Waals surface area (Å²) in [6.45, 7) is 1.11. The number of carbonyl (C=O) groups is 1. The average Bonchev–Trinajstić information content (AvgIpc) is 2.16. The Bertz CT molecular complexity index is 352. The van der Waals surface area contributed by atoms with Crippen LogP contribution in [0.15, 0.2) is 12.1 Å². The van der Waals surface area contributed by atoms with E-state index >= 15 is 0 Å². The first-order chi connectivity index (χ1) is 6.91. The van der Waals surface area contributed by atoms with Crippen molar-refractivity contribution in [1.82, 2.24) is 4.98 Å². The van der Waals surface area contributed by atoms with E-state index in [1.165, 1.54) is 0 Å². The van der Waals surface area contributed by atoms with Crippen molar-refractivity contribution in [2.75, 3.05) is 0 Å². The summed E-state index contributed by atoms with van der Waals surface area (Å²) < 4.78 is 48.9. The van der Waals surface area contributed by atoms with E-state index in [0.29, 0.717) is 0 Å². The van der Waals surface area contributed by atoms with Gasteiger partial charge in [0, 0.05) is 5.56 Å². The number of halogens is 4. The van der Waals surface area contributed by atoms with Gasteiger partial charge in [-0.1, -0.05) is 0 Å². The van der Waals surface area contributed by atoms with Crippen molar-refractivity contribution in [3.05, 3.63) is 29.1 Å². The van der Waals surface area contributed by atoms with Gasteiger partial charge in [-0.15, -0.1) is 0 Å². The minimum Gasteiger partial charge on any atom is -0.295 e. The predicted octanol–water partition coefficient (Wildman–Crippen LogP) is 3.16. The van der Waals surface area contributed by atoms with Gasteiger partial charge in [-0.2, -0.15) is 0 Å². The molecule has 6 heteroatoms. The highest BCUT2D eigenvalue weighted by molar-refractivity contribution is 5.94. The van der Waals surface area contributed by atoms with Crippen LogP contribution in [0, 0.1) is 0 Å². The Morgan fingerprint density at radius 2 is 1.53 bits per heavy atom. The van der Waals surface area contributed by atoms with Crippen LogP contribution in [0.3, 0.4) is 0 Å². The predicted molar refractivity (Wildman–Crippen MR) is 44.2 cm³/mol. The molecule has 0 aromatic carbocycles. The van der Waals surface area contributed by atoms with Crippen molar-refractivity contribution in [1.29, 1.82) is 0 Å². The van der Waals surface area contributed by atoms with Crippen LogP contribution >= 0.6 is 0 Å². The first-order valence-electron chi connectivity index (χ1n) is 4.01. The molecule has 0 aliphatic carbocycles. The smallest absolute Gasteiger partial charge is 0.280 e. The molecule has 0 N–H and O–H groups in total. The number of hydrogen-bond donors (Lipinski definition) is 0. The molecule has 0 fully saturated rings. The maximum absolute atomic E-state index is 12.2. The van der Waals surface area contributed by atoms with Crippen molar-refractivity contribution in [2.24, 2.45) is 0 Å². The summed E-state index contributed by atoms with van der Waals surface area (Å²) in [6.07, 6.45) is -5.94. The van der Waals surface area contributed by atoms with Gasteiger partial charge in [-0.05, 0) is 19.1 Å². The van der Waals surface area contributed by atoms with Crippen LogP contribution in [0.2, 0.25) is 0 Å². The second kappa shape index (κ2) is 4.37. The number of pyridine rings is 1. The maximum Gasteiger partial charge on any atom is 0.280 e. The zero-order valence-corrected chi connectivity index (χ0v) is 7.68. The third kappa shape index (κ3) is 2.74. The Balaban J connectivity index is 3.26. The number of hydrogen-bond acceptors (Lipinski definition) is 2. The van der Waals surface area contributed by atoms with Crippen LogP contribution in [-0.4, -0.2) is 10.8 Å². The second-order valence-corrected chi connectivity index (χ2v) is 2.86. The highest BCUT2D eigenvalue weighted by Crippen LogP contribution is 2.23. The molecule has 1 aromatic heterocycles. The molecule has 0 bridgehead atoms. The Hall–Kier alpha value is -1.46. The molecule has 1 rings (SSSR count). The number of ketones is 1. The lowest BCUT2D eigenvalue weighted by atomic mass is 10.1. The van der Waals surface area contributed by atoms with E-state index in [1.807, 2.05) is 0 Å². The molecule has 0 unspecified atom stereocenters. The largest absolute Gasteiger partial charge is 0.295 e. The van der Waals surface area contributed by atoms with Crippen molar-refractivity contribution in [3.8, 4) is 0 Å². The zero-order chi connectivity index (χ0) is 11.6. The molecule has 0 amide bonds. The summed E-state index contributed by atoms with van der Waals surface area (Å²) in [7, 11) is 0. The van der Waals surface area contributed by atoms with E-state index in [4.69, 9.17) is 0 Å². The van der Waals surface area contributed by atoms with Gasteiger partial charge in [0.05, 0.1) is 0 Å².